The smallest absolute Gasteiger partial charge is 0.317 e. The van der Waals surface area contributed by atoms with Crippen LogP contribution in [0.25, 0.3) is 0 Å². The number of nitrogens with zero attached hydrogens (tertiary/aromatic N) is 15. The number of rotatable bonds is 17. The number of benzene rings is 2. The quantitative estimate of drug-likeness (QED) is 0.0495. The highest BCUT2D eigenvalue weighted by Crippen LogP contribution is 2.36. The van der Waals surface area contributed by atoms with Crippen LogP contribution < -0.4 is 57.7 Å². The van der Waals surface area contributed by atoms with Gasteiger partial charge in [0, 0.05) is 182 Å². The van der Waals surface area contributed by atoms with Crippen LogP contribution in [-0.2, 0) is 36.8 Å². The van der Waals surface area contributed by atoms with Crippen molar-refractivity contribution in [2.45, 2.75) is 102 Å². The van der Waals surface area contributed by atoms with Crippen molar-refractivity contribution in [2.24, 2.45) is 23.3 Å². The molecule has 0 spiro atoms. The first-order chi connectivity index (χ1) is 53.5. The molecular weight excluding hydrogens is 1470 g/mol. The summed E-state index contributed by atoms with van der Waals surface area (Å²) in [6.45, 7) is 16.3. The van der Waals surface area contributed by atoms with Gasteiger partial charge >= 0.3 is 12.1 Å². The molecule has 14 amide bonds. The number of aromatic nitrogens is 6. The summed E-state index contributed by atoms with van der Waals surface area (Å²) in [7, 11) is 0. The molecule has 0 aliphatic carbocycles. The van der Waals surface area contributed by atoms with E-state index in [0.29, 0.717) is 81.1 Å². The number of aryl methyl sites for hydroxylation is 2. The van der Waals surface area contributed by atoms with Crippen LogP contribution in [0.3, 0.4) is 0 Å². The number of hydrogen-bond donors (Lipinski definition) is 7. The minimum Gasteiger partial charge on any atom is -0.371 e. The average Bonchev–Trinajstić information content (AvgIpc) is 1.61. The molecule has 8 fully saturated rings. The summed E-state index contributed by atoms with van der Waals surface area (Å²) in [5, 5.41) is 14.1. The average molecular weight is 1560 g/mol. The first-order valence-electron chi connectivity index (χ1n) is 37.4. The summed E-state index contributed by atoms with van der Waals surface area (Å²) >= 11 is 2.75. The Hall–Kier alpha value is -11.3. The second kappa shape index (κ2) is 33.1. The molecule has 4 aromatic heterocycles. The number of amides is 14. The molecule has 0 bridgehead atoms. The van der Waals surface area contributed by atoms with E-state index in [-0.39, 0.29) is 89.4 Å². The molecule has 14 heterocycles. The summed E-state index contributed by atoms with van der Waals surface area (Å²) in [6, 6.07) is 12.1. The van der Waals surface area contributed by atoms with Gasteiger partial charge in [0.1, 0.15) is 41.4 Å². The Morgan fingerprint density at radius 2 is 0.973 bits per heavy atom. The van der Waals surface area contributed by atoms with Crippen LogP contribution >= 0.6 is 23.1 Å². The molecule has 10 aliphatic rings. The van der Waals surface area contributed by atoms with E-state index in [1.807, 2.05) is 46.7 Å². The maximum Gasteiger partial charge on any atom is 0.317 e. The number of primary amides is 2. The zero-order valence-electron chi connectivity index (χ0n) is 61.4. The third-order valence-corrected chi connectivity index (χ3v) is 23.3. The number of hydrogen-bond acceptors (Lipinski definition) is 27. The highest BCUT2D eigenvalue weighted by molar-refractivity contribution is 7.06. The Kier molecular flexibility index (Phi) is 22.8. The monoisotopic (exact) mass is 1550 g/mol. The largest absolute Gasteiger partial charge is 0.371 e. The van der Waals surface area contributed by atoms with Crippen LogP contribution in [0.15, 0.2) is 60.9 Å². The zero-order chi connectivity index (χ0) is 77.9. The number of fused-ring (bicyclic) bond motifs is 2. The van der Waals surface area contributed by atoms with Crippen molar-refractivity contribution < 1.29 is 62.3 Å². The van der Waals surface area contributed by atoms with Gasteiger partial charge in [0.05, 0.1) is 57.4 Å². The Labute approximate surface area is 645 Å². The van der Waals surface area contributed by atoms with E-state index in [4.69, 9.17) is 21.4 Å². The summed E-state index contributed by atoms with van der Waals surface area (Å²) < 4.78 is 8.62. The number of nitrogens with one attached hydrogen (secondary N) is 5. The highest BCUT2D eigenvalue weighted by atomic mass is 32.1. The predicted octanol–water partition coefficient (Wildman–Crippen LogP) is 1.00. The minimum atomic E-state index is -0.986. The normalized spacial score (nSPS) is 21.6. The number of carbonyl (C=O) groups excluding carboxylic acids is 13. The number of anilines is 4. The molecule has 111 heavy (non-hydrogen) atoms. The van der Waals surface area contributed by atoms with Gasteiger partial charge in [-0.15, -0.1) is 0 Å². The molecule has 6 aromatic rings. The van der Waals surface area contributed by atoms with Crippen molar-refractivity contribution in [3.63, 3.8) is 0 Å². The van der Waals surface area contributed by atoms with Gasteiger partial charge in [0.2, 0.25) is 23.6 Å². The Bertz CT molecular complexity index is 4700. The molecule has 16 rings (SSSR count). The third-order valence-electron chi connectivity index (χ3n) is 21.5. The van der Waals surface area contributed by atoms with Crippen molar-refractivity contribution in [1.29, 1.82) is 0 Å². The minimum absolute atomic E-state index is 0.00874. The van der Waals surface area contributed by atoms with Crippen LogP contribution in [0.5, 0.6) is 0 Å². The molecule has 0 radical (unpaired) electrons. The first kappa shape index (κ1) is 76.5. The molecule has 37 heteroatoms. The topological polar surface area (TPSA) is 441 Å². The number of piperazine rings is 2. The van der Waals surface area contributed by atoms with Gasteiger partial charge in [-0.25, -0.2) is 29.5 Å². The lowest BCUT2D eigenvalue weighted by molar-refractivity contribution is -0.137. The Morgan fingerprint density at radius 1 is 0.532 bits per heavy atom. The maximum atomic E-state index is 13.4. The van der Waals surface area contributed by atoms with Gasteiger partial charge in [0.15, 0.2) is 0 Å². The van der Waals surface area contributed by atoms with Gasteiger partial charge in [-0.3, -0.25) is 73.3 Å². The number of urea groups is 2. The van der Waals surface area contributed by atoms with E-state index in [9.17, 15) is 62.3 Å². The standard InChI is InChI=1S/C37H43N11O6S.C20H28N8O2S.C17H15N3O5/c1-21-13-25(55-43-21)15-28-32(33(38)50)39-16-30(41-28)46-8-2-3-23(20-46)40-37(54)45-11-9-44(10-12-45)17-22-18-47(19-22)24-4-5-26-27(14-24)36(53)48(35(26)52)29-6-7-31(49)42-34(29)51;1-13-9-15(31-26-13)10-16-18(19(21)29)23-11-17(25-16)28-6-2-3-14(12-28)24-20(30)27-7-4-22-5-8-27;21-8-9-6-19(7-9)10-1-2-11-12(5-10)17(25)20(16(11)24)13-3-4-14(22)18-15(13)23/h4-5,13-14,16,22-23,29H,2-3,6-12,15,17-20H2,1H3,(H2,38,50)(H,40,54)(H,42,49,51);9,11,14,22H,2-8,10,12H2,1H3,(H2,21,29)(H,24,30);1-2,5,8-9,13H,3-4,6-7H2,(H,18,22,23). The fourth-order valence-electron chi connectivity index (χ4n) is 15.6. The van der Waals surface area contributed by atoms with Gasteiger partial charge in [-0.05, 0) is 124 Å². The van der Waals surface area contributed by atoms with Gasteiger partial charge in [0.25, 0.3) is 35.4 Å². The molecular formula is C74H86N22O13S2. The van der Waals surface area contributed by atoms with Gasteiger partial charge < -0.3 is 61.6 Å². The molecule has 582 valence electrons. The molecule has 2 aromatic carbocycles. The number of aldehydes is 1. The van der Waals surface area contributed by atoms with E-state index < -0.39 is 71.2 Å². The lowest BCUT2D eigenvalue weighted by atomic mass is 9.97. The molecule has 8 saturated heterocycles. The van der Waals surface area contributed by atoms with Crippen LogP contribution in [0.4, 0.5) is 32.6 Å². The Morgan fingerprint density at radius 3 is 1.40 bits per heavy atom. The maximum absolute atomic E-state index is 13.4. The second-order valence-electron chi connectivity index (χ2n) is 29.4. The van der Waals surface area contributed by atoms with Crippen molar-refractivity contribution in [3.05, 3.63) is 127 Å². The number of piperidine rings is 4. The second-order valence-corrected chi connectivity index (χ2v) is 31.2. The van der Waals surface area contributed by atoms with Gasteiger partial charge in [-0.2, -0.15) is 8.75 Å². The number of imide groups is 4. The lowest BCUT2D eigenvalue weighted by Crippen LogP contribution is -2.58. The molecule has 9 N–H and O–H groups in total. The summed E-state index contributed by atoms with van der Waals surface area (Å²) in [5.41, 5.74) is 17.1. The van der Waals surface area contributed by atoms with Crippen molar-refractivity contribution in [2.75, 3.05) is 131 Å². The molecule has 10 aliphatic heterocycles. The lowest BCUT2D eigenvalue weighted by Gasteiger charge is -2.45. The van der Waals surface area contributed by atoms with E-state index >= 15 is 0 Å². The molecule has 35 nitrogen and oxygen atoms in total. The van der Waals surface area contributed by atoms with Crippen LogP contribution in [0.2, 0.25) is 0 Å². The van der Waals surface area contributed by atoms with E-state index in [1.165, 1.54) is 23.1 Å². The molecule has 4 unspecified atom stereocenters. The van der Waals surface area contributed by atoms with Crippen LogP contribution in [0.1, 0.15) is 146 Å². The molecule has 0 saturated carbocycles. The fraction of sp³-hybridized carbons (Fsp3) is 0.473. The van der Waals surface area contributed by atoms with Crippen LogP contribution in [0, 0.1) is 25.7 Å². The number of carbonyl (C=O) groups is 13. The van der Waals surface area contributed by atoms with Crippen molar-refractivity contribution in [1.82, 2.24) is 79.8 Å². The van der Waals surface area contributed by atoms with E-state index in [0.717, 1.165) is 146 Å². The first-order valence-corrected chi connectivity index (χ1v) is 38.9. The SMILES string of the molecule is Cc1cc(Cc2nc(N3CCCC(NC(=O)N4CCN(CC5CN(c6ccc7c(c6)C(=O)N(C6CCC(=O)NC6=O)C7=O)C5)CC4)C3)cnc2C(N)=O)sn1.Cc1cc(Cc2nc(N3CCCC(NC(=O)N4CCNCC4)C3)cnc2C(N)=O)sn1.O=CC1CN(c2ccc3c(c2)C(=O)N(C2CCC(=O)NC2=O)C3=O)C1. The third kappa shape index (κ3) is 17.0. The van der Waals surface area contributed by atoms with E-state index in [2.05, 4.69) is 64.9 Å². The summed E-state index contributed by atoms with van der Waals surface area (Å²) in [6.07, 6.45) is 8.99. The van der Waals surface area contributed by atoms with Crippen molar-refractivity contribution in [3.8, 4) is 0 Å². The summed E-state index contributed by atoms with van der Waals surface area (Å²) in [5.74, 6) is -3.55. The highest BCUT2D eigenvalue weighted by Gasteiger charge is 2.47. The fourth-order valence-corrected chi connectivity index (χ4v) is 17.1. The van der Waals surface area contributed by atoms with Gasteiger partial charge in [-0.1, -0.05) is 0 Å². The molecule has 4 atom stereocenters. The number of nitrogens with two attached hydrogens (primary N) is 2. The van der Waals surface area contributed by atoms with Crippen molar-refractivity contribution >= 4 is 123 Å². The summed E-state index contributed by atoms with van der Waals surface area (Å²) in [4.78, 5) is 196. The van der Waals surface area contributed by atoms with Crippen LogP contribution in [-0.4, -0.2) is 266 Å². The zero-order valence-corrected chi connectivity index (χ0v) is 63.0. The predicted molar refractivity (Wildman–Crippen MR) is 404 cm³/mol. The van der Waals surface area contributed by atoms with E-state index in [1.54, 1.807) is 42.7 Å². The Balaban J connectivity index is 0.000000154.